The van der Waals surface area contributed by atoms with E-state index >= 15 is 0 Å². The van der Waals surface area contributed by atoms with E-state index in [0.717, 1.165) is 31.2 Å². The molecule has 1 saturated carbocycles. The lowest BCUT2D eigenvalue weighted by atomic mass is 9.81. The van der Waals surface area contributed by atoms with E-state index in [-0.39, 0.29) is 17.6 Å². The van der Waals surface area contributed by atoms with Crippen molar-refractivity contribution >= 4 is 17.6 Å². The van der Waals surface area contributed by atoms with Gasteiger partial charge in [-0.05, 0) is 31.4 Å². The number of benzene rings is 1. The predicted molar refractivity (Wildman–Crippen MR) is 64.0 cm³/mol. The molecule has 17 heavy (non-hydrogen) atoms. The fourth-order valence-electron chi connectivity index (χ4n) is 2.99. The average Bonchev–Trinajstić information content (AvgIpc) is 2.67. The lowest BCUT2D eigenvalue weighted by Gasteiger charge is -2.24. The quantitative estimate of drug-likeness (QED) is 0.833. The van der Waals surface area contributed by atoms with Gasteiger partial charge in [0.1, 0.15) is 11.9 Å². The first kappa shape index (κ1) is 10.9. The number of fused-ring (bicyclic) bond motifs is 3. The summed E-state index contributed by atoms with van der Waals surface area (Å²) in [4.78, 5) is 11.3. The Bertz CT molecular complexity index is 484. The van der Waals surface area contributed by atoms with Crippen molar-refractivity contribution in [1.82, 2.24) is 0 Å². The summed E-state index contributed by atoms with van der Waals surface area (Å²) < 4.78 is 5.83. The van der Waals surface area contributed by atoms with Crippen LogP contribution in [0.2, 0.25) is 5.02 Å². The van der Waals surface area contributed by atoms with Crippen molar-refractivity contribution in [2.75, 3.05) is 0 Å². The van der Waals surface area contributed by atoms with E-state index in [0.29, 0.717) is 10.8 Å². The molecule has 1 N–H and O–H groups in total. The second kappa shape index (κ2) is 3.91. The molecule has 4 heteroatoms. The third kappa shape index (κ3) is 1.61. The molecule has 1 aliphatic carbocycles. The Morgan fingerprint density at radius 3 is 2.88 bits per heavy atom. The molecule has 2 unspecified atom stereocenters. The number of carboxylic acids is 1. The number of hydrogen-bond donors (Lipinski definition) is 1. The maximum absolute atomic E-state index is 11.3. The first-order valence-electron chi connectivity index (χ1n) is 5.91. The lowest BCUT2D eigenvalue weighted by Crippen LogP contribution is -2.23. The van der Waals surface area contributed by atoms with Crippen molar-refractivity contribution in [3.05, 3.63) is 28.3 Å². The van der Waals surface area contributed by atoms with Gasteiger partial charge in [0.25, 0.3) is 0 Å². The summed E-state index contributed by atoms with van der Waals surface area (Å²) in [5.74, 6) is -0.0334. The van der Waals surface area contributed by atoms with E-state index in [1.165, 1.54) is 0 Å². The fourth-order valence-corrected chi connectivity index (χ4v) is 3.24. The molecule has 3 rings (SSSR count). The first-order chi connectivity index (χ1) is 8.18. The van der Waals surface area contributed by atoms with Gasteiger partial charge in [0.2, 0.25) is 0 Å². The standard InChI is InChI=1S/C13H13ClO3/c14-8-5-6-10-11(12(8)13(15)16)7-3-1-2-4-9(7)17-10/h5-7,9H,1-4H2,(H,15,16). The minimum atomic E-state index is -0.957. The van der Waals surface area contributed by atoms with E-state index in [1.807, 2.05) is 0 Å². The van der Waals surface area contributed by atoms with Crippen LogP contribution in [0, 0.1) is 0 Å². The SMILES string of the molecule is O=C(O)c1c(Cl)ccc2c1C1CCCCC1O2. The molecule has 0 radical (unpaired) electrons. The third-order valence-electron chi connectivity index (χ3n) is 3.72. The fraction of sp³-hybridized carbons (Fsp3) is 0.462. The van der Waals surface area contributed by atoms with Gasteiger partial charge in [-0.1, -0.05) is 18.0 Å². The van der Waals surface area contributed by atoms with Crippen LogP contribution in [0.4, 0.5) is 0 Å². The maximum atomic E-state index is 11.3. The van der Waals surface area contributed by atoms with E-state index in [9.17, 15) is 9.90 Å². The topological polar surface area (TPSA) is 46.5 Å². The summed E-state index contributed by atoms with van der Waals surface area (Å²) in [6.45, 7) is 0. The number of hydrogen-bond acceptors (Lipinski definition) is 2. The monoisotopic (exact) mass is 252 g/mol. The van der Waals surface area contributed by atoms with Crippen molar-refractivity contribution in [1.29, 1.82) is 0 Å². The second-order valence-electron chi connectivity index (χ2n) is 4.69. The molecule has 2 aliphatic rings. The molecule has 1 aromatic rings. The second-order valence-corrected chi connectivity index (χ2v) is 5.09. The number of aromatic carboxylic acids is 1. The van der Waals surface area contributed by atoms with Gasteiger partial charge in [0.15, 0.2) is 0 Å². The van der Waals surface area contributed by atoms with Gasteiger partial charge in [-0.15, -0.1) is 0 Å². The third-order valence-corrected chi connectivity index (χ3v) is 4.04. The molecule has 1 aliphatic heterocycles. The molecular formula is C13H13ClO3. The molecule has 0 amide bonds. The highest BCUT2D eigenvalue weighted by molar-refractivity contribution is 6.33. The largest absolute Gasteiger partial charge is 0.489 e. The summed E-state index contributed by atoms with van der Waals surface area (Å²) in [6, 6.07) is 3.41. The van der Waals surface area contributed by atoms with E-state index < -0.39 is 5.97 Å². The highest BCUT2D eigenvalue weighted by atomic mass is 35.5. The van der Waals surface area contributed by atoms with Crippen LogP contribution in [-0.4, -0.2) is 17.2 Å². The van der Waals surface area contributed by atoms with Crippen molar-refractivity contribution in [2.24, 2.45) is 0 Å². The molecule has 1 aromatic carbocycles. The summed E-state index contributed by atoms with van der Waals surface area (Å²) >= 11 is 6.00. The Hall–Kier alpha value is -1.22. The zero-order chi connectivity index (χ0) is 12.0. The van der Waals surface area contributed by atoms with Crippen LogP contribution in [0.3, 0.4) is 0 Å². The minimum absolute atomic E-state index is 0.148. The Balaban J connectivity index is 2.15. The summed E-state index contributed by atoms with van der Waals surface area (Å²) in [7, 11) is 0. The smallest absolute Gasteiger partial charge is 0.337 e. The van der Waals surface area contributed by atoms with E-state index in [1.54, 1.807) is 12.1 Å². The Labute approximate surface area is 104 Å². The van der Waals surface area contributed by atoms with Gasteiger partial charge < -0.3 is 9.84 Å². The predicted octanol–water partition coefficient (Wildman–Crippen LogP) is 3.46. The van der Waals surface area contributed by atoms with Crippen molar-refractivity contribution in [2.45, 2.75) is 37.7 Å². The number of carboxylic acid groups (broad SMARTS) is 1. The highest BCUT2D eigenvalue weighted by Crippen LogP contribution is 2.48. The molecule has 90 valence electrons. The molecular weight excluding hydrogens is 240 g/mol. The zero-order valence-electron chi connectivity index (χ0n) is 9.28. The van der Waals surface area contributed by atoms with E-state index in [2.05, 4.69) is 0 Å². The Kier molecular flexibility index (Phi) is 2.51. The first-order valence-corrected chi connectivity index (χ1v) is 6.28. The van der Waals surface area contributed by atoms with Crippen LogP contribution < -0.4 is 4.74 Å². The van der Waals surface area contributed by atoms with Gasteiger partial charge in [0.05, 0.1) is 10.6 Å². The molecule has 0 spiro atoms. The maximum Gasteiger partial charge on any atom is 0.337 e. The van der Waals surface area contributed by atoms with Crippen LogP contribution in [0.5, 0.6) is 5.75 Å². The number of ether oxygens (including phenoxy) is 1. The zero-order valence-corrected chi connectivity index (χ0v) is 10.0. The van der Waals surface area contributed by atoms with Gasteiger partial charge in [-0.3, -0.25) is 0 Å². The minimum Gasteiger partial charge on any atom is -0.489 e. The van der Waals surface area contributed by atoms with Gasteiger partial charge in [-0.2, -0.15) is 0 Å². The molecule has 0 aromatic heterocycles. The van der Waals surface area contributed by atoms with Crippen LogP contribution >= 0.6 is 11.6 Å². The Morgan fingerprint density at radius 1 is 1.35 bits per heavy atom. The van der Waals surface area contributed by atoms with Crippen molar-refractivity contribution in [3.8, 4) is 5.75 Å². The molecule has 2 atom stereocenters. The van der Waals surface area contributed by atoms with E-state index in [4.69, 9.17) is 16.3 Å². The Morgan fingerprint density at radius 2 is 2.12 bits per heavy atom. The number of halogens is 1. The summed E-state index contributed by atoms with van der Waals surface area (Å²) in [5, 5.41) is 9.59. The van der Waals surface area contributed by atoms with Crippen LogP contribution in [-0.2, 0) is 0 Å². The van der Waals surface area contributed by atoms with Crippen LogP contribution in [0.1, 0.15) is 47.5 Å². The van der Waals surface area contributed by atoms with Crippen LogP contribution in [0.15, 0.2) is 12.1 Å². The lowest BCUT2D eigenvalue weighted by molar-refractivity contribution is 0.0695. The number of rotatable bonds is 1. The molecule has 0 saturated heterocycles. The van der Waals surface area contributed by atoms with Gasteiger partial charge in [0, 0.05) is 11.5 Å². The molecule has 3 nitrogen and oxygen atoms in total. The highest BCUT2D eigenvalue weighted by Gasteiger charge is 2.39. The average molecular weight is 253 g/mol. The normalized spacial score (nSPS) is 25.9. The van der Waals surface area contributed by atoms with Crippen molar-refractivity contribution < 1.29 is 14.6 Å². The van der Waals surface area contributed by atoms with Crippen molar-refractivity contribution in [3.63, 3.8) is 0 Å². The number of carbonyl (C=O) groups is 1. The van der Waals surface area contributed by atoms with Gasteiger partial charge in [-0.25, -0.2) is 4.79 Å². The van der Waals surface area contributed by atoms with Gasteiger partial charge >= 0.3 is 5.97 Å². The summed E-state index contributed by atoms with van der Waals surface area (Å²) in [6.07, 6.45) is 4.45. The molecule has 0 bridgehead atoms. The summed E-state index contributed by atoms with van der Waals surface area (Å²) in [5.41, 5.74) is 1.05. The molecule has 1 heterocycles. The van der Waals surface area contributed by atoms with Crippen LogP contribution in [0.25, 0.3) is 0 Å². The molecule has 1 fully saturated rings.